The Morgan fingerprint density at radius 3 is 2.81 bits per heavy atom. The first-order chi connectivity index (χ1) is 12.5. The van der Waals surface area contributed by atoms with E-state index >= 15 is 0 Å². The molecule has 1 N–H and O–H groups in total. The highest BCUT2D eigenvalue weighted by Gasteiger charge is 2.22. The number of amides is 1. The van der Waals surface area contributed by atoms with Crippen LogP contribution in [0.15, 0.2) is 30.3 Å². The highest BCUT2D eigenvalue weighted by Crippen LogP contribution is 2.38. The van der Waals surface area contributed by atoms with Gasteiger partial charge in [-0.2, -0.15) is 0 Å². The van der Waals surface area contributed by atoms with E-state index in [4.69, 9.17) is 25.8 Å². The van der Waals surface area contributed by atoms with Gasteiger partial charge in [0.1, 0.15) is 23.4 Å². The van der Waals surface area contributed by atoms with Crippen molar-refractivity contribution in [1.82, 2.24) is 0 Å². The third-order valence-corrected chi connectivity index (χ3v) is 4.30. The molecule has 5 nitrogen and oxygen atoms in total. The minimum atomic E-state index is -0.272. The number of hydrogen-bond donors (Lipinski definition) is 1. The van der Waals surface area contributed by atoms with E-state index in [1.165, 1.54) is 0 Å². The molecule has 6 heteroatoms. The van der Waals surface area contributed by atoms with Crippen LogP contribution >= 0.6 is 11.6 Å². The molecule has 1 atom stereocenters. The molecular formula is C20H22ClNO4. The van der Waals surface area contributed by atoms with Crippen LogP contribution in [0.1, 0.15) is 25.0 Å². The quantitative estimate of drug-likeness (QED) is 0.813. The summed E-state index contributed by atoms with van der Waals surface area (Å²) < 4.78 is 17.0. The highest BCUT2D eigenvalue weighted by atomic mass is 35.5. The van der Waals surface area contributed by atoms with E-state index in [2.05, 4.69) is 5.32 Å². The lowest BCUT2D eigenvalue weighted by molar-refractivity contribution is -0.118. The largest absolute Gasteiger partial charge is 0.492 e. The monoisotopic (exact) mass is 375 g/mol. The van der Waals surface area contributed by atoms with Crippen molar-refractivity contribution in [2.24, 2.45) is 0 Å². The van der Waals surface area contributed by atoms with Crippen molar-refractivity contribution in [2.75, 3.05) is 18.5 Å². The maximum absolute atomic E-state index is 12.3. The van der Waals surface area contributed by atoms with Crippen molar-refractivity contribution in [1.29, 1.82) is 0 Å². The average molecular weight is 376 g/mol. The Hall–Kier alpha value is -2.40. The van der Waals surface area contributed by atoms with Crippen LogP contribution in [0.4, 0.5) is 5.69 Å². The fourth-order valence-corrected chi connectivity index (χ4v) is 3.14. The van der Waals surface area contributed by atoms with E-state index in [1.54, 1.807) is 18.2 Å². The lowest BCUT2D eigenvalue weighted by Gasteiger charge is -2.14. The number of carbonyl (C=O) groups is 1. The summed E-state index contributed by atoms with van der Waals surface area (Å²) in [7, 11) is 0. The summed E-state index contributed by atoms with van der Waals surface area (Å²) in [6.07, 6.45) is 0.962. The van der Waals surface area contributed by atoms with Gasteiger partial charge in [-0.05, 0) is 50.6 Å². The Balaban J connectivity index is 1.69. The molecule has 0 fully saturated rings. The molecule has 3 rings (SSSR count). The molecule has 0 bridgehead atoms. The smallest absolute Gasteiger partial charge is 0.262 e. The first kappa shape index (κ1) is 18.4. The number of aryl methyl sites for hydroxylation is 1. The Morgan fingerprint density at radius 1 is 1.27 bits per heavy atom. The molecule has 2 aromatic rings. The third-order valence-electron chi connectivity index (χ3n) is 4.07. The summed E-state index contributed by atoms with van der Waals surface area (Å²) in [4.78, 5) is 12.3. The van der Waals surface area contributed by atoms with Crippen LogP contribution in [0.5, 0.6) is 17.2 Å². The Labute approximate surface area is 158 Å². The molecule has 2 aromatic carbocycles. The van der Waals surface area contributed by atoms with Gasteiger partial charge in [-0.3, -0.25) is 4.79 Å². The van der Waals surface area contributed by atoms with Gasteiger partial charge < -0.3 is 19.5 Å². The maximum atomic E-state index is 12.3. The van der Waals surface area contributed by atoms with Gasteiger partial charge in [0.25, 0.3) is 5.91 Å². The highest BCUT2D eigenvalue weighted by molar-refractivity contribution is 6.30. The Bertz CT molecular complexity index is 822. The predicted molar refractivity (Wildman–Crippen MR) is 102 cm³/mol. The first-order valence-electron chi connectivity index (χ1n) is 8.61. The van der Waals surface area contributed by atoms with Crippen LogP contribution in [0, 0.1) is 6.92 Å². The topological polar surface area (TPSA) is 56.8 Å². The van der Waals surface area contributed by atoms with Gasteiger partial charge >= 0.3 is 0 Å². The summed E-state index contributed by atoms with van der Waals surface area (Å²) >= 11 is 5.93. The number of rotatable bonds is 6. The lowest BCUT2D eigenvalue weighted by Crippen LogP contribution is -2.21. The molecule has 138 valence electrons. The molecule has 0 aliphatic carbocycles. The number of benzene rings is 2. The maximum Gasteiger partial charge on any atom is 0.262 e. The number of hydrogen-bond acceptors (Lipinski definition) is 4. The van der Waals surface area contributed by atoms with Crippen molar-refractivity contribution in [2.45, 2.75) is 33.3 Å². The van der Waals surface area contributed by atoms with Gasteiger partial charge in [0.2, 0.25) is 0 Å². The van der Waals surface area contributed by atoms with Crippen LogP contribution in [0.3, 0.4) is 0 Å². The zero-order valence-corrected chi connectivity index (χ0v) is 15.9. The molecule has 0 radical (unpaired) electrons. The van der Waals surface area contributed by atoms with E-state index < -0.39 is 0 Å². The van der Waals surface area contributed by atoms with E-state index in [1.807, 2.05) is 32.9 Å². The SMILES string of the molecule is CCOc1cc2c(cc1NC(=O)COc1ccc(Cl)cc1C)OC(C)C2. The zero-order valence-electron chi connectivity index (χ0n) is 15.1. The number of halogens is 1. The number of anilines is 1. The summed E-state index contributed by atoms with van der Waals surface area (Å²) in [5, 5.41) is 3.48. The van der Waals surface area contributed by atoms with Crippen LogP contribution in [0.25, 0.3) is 0 Å². The van der Waals surface area contributed by atoms with Crippen molar-refractivity contribution in [3.63, 3.8) is 0 Å². The summed E-state index contributed by atoms with van der Waals surface area (Å²) in [5.41, 5.74) is 2.55. The number of ether oxygens (including phenoxy) is 3. The van der Waals surface area contributed by atoms with Crippen molar-refractivity contribution in [3.05, 3.63) is 46.5 Å². The second-order valence-electron chi connectivity index (χ2n) is 6.27. The summed E-state index contributed by atoms with van der Waals surface area (Å²) in [6, 6.07) is 9.02. The van der Waals surface area contributed by atoms with Gasteiger partial charge in [-0.1, -0.05) is 11.6 Å². The summed E-state index contributed by atoms with van der Waals surface area (Å²) in [6.45, 7) is 6.21. The van der Waals surface area contributed by atoms with Crippen LogP contribution in [0.2, 0.25) is 5.02 Å². The standard InChI is InChI=1S/C20H22ClNO4/c1-4-24-19-9-14-8-13(3)26-18(14)10-16(19)22-20(23)11-25-17-6-5-15(21)7-12(17)2/h5-7,9-10,13H,4,8,11H2,1-3H3,(H,22,23). The minimum absolute atomic E-state index is 0.109. The molecular weight excluding hydrogens is 354 g/mol. The van der Waals surface area contributed by atoms with E-state index in [9.17, 15) is 4.79 Å². The molecule has 26 heavy (non-hydrogen) atoms. The number of carbonyl (C=O) groups excluding carboxylic acids is 1. The molecule has 0 aromatic heterocycles. The normalized spacial score (nSPS) is 15.2. The molecule has 1 aliphatic rings. The zero-order chi connectivity index (χ0) is 18.7. The van der Waals surface area contributed by atoms with Gasteiger partial charge in [-0.15, -0.1) is 0 Å². The third kappa shape index (κ3) is 4.22. The summed E-state index contributed by atoms with van der Waals surface area (Å²) in [5.74, 6) is 1.78. The van der Waals surface area contributed by atoms with E-state index in [0.717, 1.165) is 23.3 Å². The Kier molecular flexibility index (Phi) is 5.57. The minimum Gasteiger partial charge on any atom is -0.492 e. The first-order valence-corrected chi connectivity index (χ1v) is 8.99. The second-order valence-corrected chi connectivity index (χ2v) is 6.70. The fraction of sp³-hybridized carbons (Fsp3) is 0.350. The van der Waals surface area contributed by atoms with Gasteiger partial charge in [-0.25, -0.2) is 0 Å². The van der Waals surface area contributed by atoms with Crippen molar-refractivity contribution >= 4 is 23.2 Å². The molecule has 0 saturated carbocycles. The number of nitrogens with one attached hydrogen (secondary N) is 1. The molecule has 1 amide bonds. The molecule has 0 saturated heterocycles. The molecule has 1 heterocycles. The van der Waals surface area contributed by atoms with Crippen LogP contribution in [-0.2, 0) is 11.2 Å². The van der Waals surface area contributed by atoms with Crippen molar-refractivity contribution < 1.29 is 19.0 Å². The van der Waals surface area contributed by atoms with Gasteiger partial charge in [0.15, 0.2) is 6.61 Å². The fourth-order valence-electron chi connectivity index (χ4n) is 2.92. The number of fused-ring (bicyclic) bond motifs is 1. The van der Waals surface area contributed by atoms with E-state index in [-0.39, 0.29) is 18.6 Å². The molecule has 1 aliphatic heterocycles. The molecule has 1 unspecified atom stereocenters. The van der Waals surface area contributed by atoms with Crippen LogP contribution in [-0.4, -0.2) is 25.2 Å². The van der Waals surface area contributed by atoms with E-state index in [0.29, 0.717) is 28.8 Å². The van der Waals surface area contributed by atoms with Gasteiger partial charge in [0, 0.05) is 23.1 Å². The van der Waals surface area contributed by atoms with Crippen LogP contribution < -0.4 is 19.5 Å². The second kappa shape index (κ2) is 7.87. The molecule has 0 spiro atoms. The van der Waals surface area contributed by atoms with Crippen molar-refractivity contribution in [3.8, 4) is 17.2 Å². The van der Waals surface area contributed by atoms with Gasteiger partial charge in [0.05, 0.1) is 12.3 Å². The lowest BCUT2D eigenvalue weighted by atomic mass is 10.1. The Morgan fingerprint density at radius 2 is 2.08 bits per heavy atom. The average Bonchev–Trinajstić information content (AvgIpc) is 2.93. The predicted octanol–water partition coefficient (Wildman–Crippen LogP) is 4.39.